The number of aliphatic hydroxyl groups excluding tert-OH is 1. The normalized spacial score (nSPS) is 44.8. The molecule has 1 aliphatic heterocycles. The lowest BCUT2D eigenvalue weighted by Crippen LogP contribution is -2.71. The van der Waals surface area contributed by atoms with Gasteiger partial charge in [-0.2, -0.15) is 0 Å². The van der Waals surface area contributed by atoms with E-state index in [2.05, 4.69) is 27.2 Å². The molecule has 0 amide bonds. The van der Waals surface area contributed by atoms with Gasteiger partial charge in [-0.15, -0.1) is 11.3 Å². The standard InChI is InChI=1S/C30H38BrFN2O5S/c1-26(2)38-24-14-21-20-7-5-17-13-18(34-37-12-10-19-6-8-25(31)40-19)9-11-27(17,3)29(20,32)23(36)15-28(21,4)30(24,39-26)22(33)16-35/h6,8-9,11,13,16,20-24,36H,5,7,10,12,14-15,33H2,1-4H3/t20-,21-,22?,23-,24+,27-,28-,29-,30+/m0/s1. The number of halogens is 2. The third-order valence-electron chi connectivity index (χ3n) is 10.6. The fraction of sp³-hybridized carbons (Fsp3) is 0.667. The van der Waals surface area contributed by atoms with Crippen molar-refractivity contribution in [3.8, 4) is 0 Å². The first-order valence-electron chi connectivity index (χ1n) is 14.1. The van der Waals surface area contributed by atoms with Crippen molar-refractivity contribution in [2.24, 2.45) is 33.6 Å². The Labute approximate surface area is 247 Å². The molecule has 5 aliphatic rings. The average Bonchev–Trinajstić information content (AvgIpc) is 3.51. The first-order valence-corrected chi connectivity index (χ1v) is 15.7. The Morgan fingerprint density at radius 1 is 1.32 bits per heavy atom. The second-order valence-electron chi connectivity index (χ2n) is 13.0. The van der Waals surface area contributed by atoms with Gasteiger partial charge in [0.05, 0.1) is 22.0 Å². The van der Waals surface area contributed by atoms with E-state index in [9.17, 15) is 9.90 Å². The molecule has 0 radical (unpaired) electrons. The van der Waals surface area contributed by atoms with E-state index in [-0.39, 0.29) is 12.3 Å². The minimum Gasteiger partial charge on any atom is -0.395 e. The van der Waals surface area contributed by atoms with Gasteiger partial charge in [0.25, 0.3) is 0 Å². The van der Waals surface area contributed by atoms with Crippen LogP contribution in [0.1, 0.15) is 58.3 Å². The summed E-state index contributed by atoms with van der Waals surface area (Å²) in [4.78, 5) is 18.9. The van der Waals surface area contributed by atoms with Crippen LogP contribution >= 0.6 is 27.3 Å². The van der Waals surface area contributed by atoms with Gasteiger partial charge < -0.3 is 29.9 Å². The number of carbonyl (C=O) groups is 1. The number of hydrogen-bond donors (Lipinski definition) is 2. The fourth-order valence-corrected chi connectivity index (χ4v) is 10.4. The lowest BCUT2D eigenvalue weighted by atomic mass is 9.44. The van der Waals surface area contributed by atoms with Crippen molar-refractivity contribution >= 4 is 39.3 Å². The van der Waals surface area contributed by atoms with Crippen LogP contribution in [0.15, 0.2) is 44.9 Å². The van der Waals surface area contributed by atoms with Crippen LogP contribution in [0.25, 0.3) is 0 Å². The molecule has 4 aliphatic carbocycles. The van der Waals surface area contributed by atoms with Crippen molar-refractivity contribution in [2.75, 3.05) is 6.61 Å². The zero-order valence-corrected chi connectivity index (χ0v) is 25.8. The van der Waals surface area contributed by atoms with E-state index in [1.54, 1.807) is 17.4 Å². The molecule has 40 heavy (non-hydrogen) atoms. The number of aliphatic hydroxyl groups is 1. The number of oxime groups is 1. The van der Waals surface area contributed by atoms with Crippen molar-refractivity contribution in [1.29, 1.82) is 0 Å². The highest BCUT2D eigenvalue weighted by Gasteiger charge is 2.79. The zero-order valence-electron chi connectivity index (χ0n) is 23.4. The SMILES string of the molecule is CC1(C)O[C@@H]2C[C@H]3[C@@H]4CCC5=CC(=NOCCc6ccc(Br)s6)C=C[C@]5(C)[C@@]4(F)[C@@H](O)C[C@]3(C)[C@]2(C(N)C=O)O1. The van der Waals surface area contributed by atoms with Crippen LogP contribution in [0.2, 0.25) is 0 Å². The summed E-state index contributed by atoms with van der Waals surface area (Å²) in [6, 6.07) is 3.13. The Morgan fingerprint density at radius 2 is 2.10 bits per heavy atom. The Balaban J connectivity index is 1.27. The van der Waals surface area contributed by atoms with Crippen molar-refractivity contribution in [3.05, 3.63) is 44.6 Å². The maximum atomic E-state index is 17.7. The van der Waals surface area contributed by atoms with Crippen molar-refractivity contribution in [1.82, 2.24) is 0 Å². The molecule has 1 unspecified atom stereocenters. The molecule has 6 rings (SSSR count). The molecule has 3 saturated carbocycles. The van der Waals surface area contributed by atoms with E-state index in [0.717, 1.165) is 15.8 Å². The highest BCUT2D eigenvalue weighted by atomic mass is 79.9. The van der Waals surface area contributed by atoms with E-state index in [0.29, 0.717) is 37.9 Å². The van der Waals surface area contributed by atoms with Gasteiger partial charge in [0, 0.05) is 28.0 Å². The van der Waals surface area contributed by atoms with Crippen LogP contribution in [-0.4, -0.2) is 59.0 Å². The number of rotatable bonds is 6. The number of alkyl halides is 1. The van der Waals surface area contributed by atoms with Crippen LogP contribution in [0.3, 0.4) is 0 Å². The summed E-state index contributed by atoms with van der Waals surface area (Å²) in [5.41, 5.74) is 3.24. The van der Waals surface area contributed by atoms with Gasteiger partial charge in [0.2, 0.25) is 0 Å². The number of nitrogens with two attached hydrogens (primary N) is 1. The molecule has 3 N–H and O–H groups in total. The molecule has 10 heteroatoms. The van der Waals surface area contributed by atoms with Gasteiger partial charge >= 0.3 is 0 Å². The minimum absolute atomic E-state index is 0.127. The highest BCUT2D eigenvalue weighted by molar-refractivity contribution is 9.11. The maximum absolute atomic E-state index is 17.7. The summed E-state index contributed by atoms with van der Waals surface area (Å²) in [6.45, 7) is 7.98. The second-order valence-corrected chi connectivity index (χ2v) is 15.5. The number of nitrogens with zero attached hydrogens (tertiary/aromatic N) is 1. The van der Waals surface area contributed by atoms with Crippen LogP contribution in [0, 0.1) is 22.7 Å². The lowest BCUT2D eigenvalue weighted by Gasteiger charge is -2.63. The monoisotopic (exact) mass is 636 g/mol. The summed E-state index contributed by atoms with van der Waals surface area (Å²) in [7, 11) is 0. The third kappa shape index (κ3) is 3.85. The number of ether oxygens (including phenoxy) is 2. The Hall–Kier alpha value is -1.43. The molecule has 7 nitrogen and oxygen atoms in total. The largest absolute Gasteiger partial charge is 0.395 e. The molecule has 9 atom stereocenters. The number of thiophene rings is 1. The predicted molar refractivity (Wildman–Crippen MR) is 155 cm³/mol. The molecular formula is C30H38BrFN2O5S. The molecule has 0 spiro atoms. The molecule has 218 valence electrons. The fourth-order valence-electron chi connectivity index (χ4n) is 8.89. The van der Waals surface area contributed by atoms with Crippen LogP contribution < -0.4 is 5.73 Å². The van der Waals surface area contributed by atoms with Gasteiger partial charge in [0.1, 0.15) is 24.2 Å². The van der Waals surface area contributed by atoms with E-state index in [4.69, 9.17) is 20.0 Å². The quantitative estimate of drug-likeness (QED) is 0.251. The minimum atomic E-state index is -1.91. The molecule has 1 aromatic rings. The molecule has 0 bridgehead atoms. The first kappa shape index (κ1) is 28.7. The summed E-state index contributed by atoms with van der Waals surface area (Å²) in [6.07, 6.45) is 7.21. The second kappa shape index (κ2) is 9.54. The third-order valence-corrected chi connectivity index (χ3v) is 12.3. The summed E-state index contributed by atoms with van der Waals surface area (Å²) >= 11 is 5.14. The Morgan fingerprint density at radius 3 is 2.80 bits per heavy atom. The van der Waals surface area contributed by atoms with Crippen LogP contribution in [0.4, 0.5) is 4.39 Å². The zero-order chi connectivity index (χ0) is 28.7. The smallest absolute Gasteiger partial charge is 0.164 e. The average molecular weight is 638 g/mol. The molecule has 1 aromatic heterocycles. The van der Waals surface area contributed by atoms with Crippen molar-refractivity contribution in [3.63, 3.8) is 0 Å². The number of fused-ring (bicyclic) bond motifs is 7. The van der Waals surface area contributed by atoms with Gasteiger partial charge in [0.15, 0.2) is 11.5 Å². The Kier molecular flexibility index (Phi) is 6.84. The van der Waals surface area contributed by atoms with E-state index >= 15 is 4.39 Å². The number of aldehydes is 1. The predicted octanol–water partition coefficient (Wildman–Crippen LogP) is 5.25. The maximum Gasteiger partial charge on any atom is 0.164 e. The topological polar surface area (TPSA) is 103 Å². The van der Waals surface area contributed by atoms with Crippen molar-refractivity contribution < 1.29 is 28.6 Å². The van der Waals surface area contributed by atoms with Gasteiger partial charge in [-0.1, -0.05) is 23.7 Å². The van der Waals surface area contributed by atoms with Crippen molar-refractivity contribution in [2.45, 2.75) is 95.1 Å². The van der Waals surface area contributed by atoms with Gasteiger partial charge in [-0.3, -0.25) is 0 Å². The van der Waals surface area contributed by atoms with Gasteiger partial charge in [-0.05, 0) is 92.6 Å². The van der Waals surface area contributed by atoms with E-state index in [1.165, 1.54) is 4.88 Å². The molecular weight excluding hydrogens is 599 g/mol. The number of allylic oxidation sites excluding steroid dienone is 4. The molecule has 1 saturated heterocycles. The summed E-state index contributed by atoms with van der Waals surface area (Å²) < 4.78 is 31.6. The molecule has 0 aromatic carbocycles. The van der Waals surface area contributed by atoms with Crippen LogP contribution in [0.5, 0.6) is 0 Å². The summed E-state index contributed by atoms with van der Waals surface area (Å²) in [5, 5.41) is 16.0. The van der Waals surface area contributed by atoms with Crippen LogP contribution in [-0.2, 0) is 25.5 Å². The first-order chi connectivity index (χ1) is 18.8. The highest BCUT2D eigenvalue weighted by Crippen LogP contribution is 2.72. The molecule has 2 heterocycles. The summed E-state index contributed by atoms with van der Waals surface area (Å²) in [5.74, 6) is -1.55. The number of hydrogen-bond acceptors (Lipinski definition) is 8. The van der Waals surface area contributed by atoms with E-state index in [1.807, 2.05) is 45.9 Å². The van der Waals surface area contributed by atoms with Gasteiger partial charge in [-0.25, -0.2) is 4.39 Å². The van der Waals surface area contributed by atoms with E-state index < -0.39 is 52.1 Å². The molecule has 4 fully saturated rings. The lowest BCUT2D eigenvalue weighted by molar-refractivity contribution is -0.251. The number of carbonyl (C=O) groups excluding carboxylic acids is 1. The Bertz CT molecular complexity index is 1300.